The topological polar surface area (TPSA) is 117 Å². The maximum Gasteiger partial charge on any atom is 0.322 e. The first kappa shape index (κ1) is 25.6. The lowest BCUT2D eigenvalue weighted by molar-refractivity contribution is -0.133. The molecule has 2 aliphatic heterocycles. The highest BCUT2D eigenvalue weighted by Crippen LogP contribution is 2.33. The Balaban J connectivity index is 1.22. The molecule has 4 aromatic rings. The first-order valence-corrected chi connectivity index (χ1v) is 13.6. The Kier molecular flexibility index (Phi) is 7.20. The molecular weight excluding hydrogens is 502 g/mol. The number of hydrogen-bond donors (Lipinski definition) is 2. The molecule has 2 aliphatic rings. The number of hydrogen-bond acceptors (Lipinski definition) is 6. The zero-order chi connectivity index (χ0) is 27.5. The molecule has 0 unspecified atom stereocenters. The van der Waals surface area contributed by atoms with E-state index in [0.29, 0.717) is 38.3 Å². The molecule has 2 aromatic carbocycles. The van der Waals surface area contributed by atoms with Crippen molar-refractivity contribution in [3.05, 3.63) is 102 Å². The Morgan fingerprint density at radius 3 is 2.65 bits per heavy atom. The number of benzene rings is 2. The lowest BCUT2D eigenvalue weighted by Crippen LogP contribution is -2.38. The number of carbonyl (C=O) groups is 2. The quantitative estimate of drug-likeness (QED) is 0.336. The first-order valence-electron chi connectivity index (χ1n) is 13.6. The molecule has 202 valence electrons. The third-order valence-corrected chi connectivity index (χ3v) is 7.55. The average Bonchev–Trinajstić information content (AvgIpc) is 3.43. The van der Waals surface area contributed by atoms with Gasteiger partial charge in [0.2, 0.25) is 0 Å². The van der Waals surface area contributed by atoms with Crippen molar-refractivity contribution in [2.75, 3.05) is 18.4 Å². The zero-order valence-corrected chi connectivity index (χ0v) is 22.2. The van der Waals surface area contributed by atoms with Gasteiger partial charge in [-0.15, -0.1) is 0 Å². The van der Waals surface area contributed by atoms with E-state index in [1.807, 2.05) is 66.9 Å². The van der Waals surface area contributed by atoms with Crippen molar-refractivity contribution in [3.63, 3.8) is 0 Å². The molecule has 0 spiro atoms. The fraction of sp³-hybridized carbons (Fsp3) is 0.258. The van der Waals surface area contributed by atoms with E-state index >= 15 is 0 Å². The van der Waals surface area contributed by atoms with Crippen LogP contribution in [-0.4, -0.2) is 50.6 Å². The summed E-state index contributed by atoms with van der Waals surface area (Å²) < 4.78 is 0. The summed E-state index contributed by atoms with van der Waals surface area (Å²) in [5, 5.41) is 10.4. The smallest absolute Gasteiger partial charge is 0.322 e. The lowest BCUT2D eigenvalue weighted by Gasteiger charge is -2.30. The van der Waals surface area contributed by atoms with Gasteiger partial charge in [-0.25, -0.2) is 9.80 Å². The van der Waals surface area contributed by atoms with Crippen LogP contribution in [0.15, 0.2) is 84.4 Å². The predicted octanol–water partition coefficient (Wildman–Crippen LogP) is 4.64. The fourth-order valence-corrected chi connectivity index (χ4v) is 5.42. The predicted molar refractivity (Wildman–Crippen MR) is 155 cm³/mol. The summed E-state index contributed by atoms with van der Waals surface area (Å²) in [5.74, 6) is -0.383. The van der Waals surface area contributed by atoms with Crippen molar-refractivity contribution in [2.24, 2.45) is 10.8 Å². The molecule has 9 heteroatoms. The SMILES string of the molecule is NCCCCN1N=C(c2ccc(NC(=O)N3Cc4ccncc4C3)cc2)C[C@H](c2cccc3ncccc23)C1=O. The minimum absolute atomic E-state index is 0.0113. The number of nitrogens with one attached hydrogen (secondary N) is 1. The normalized spacial score (nSPS) is 16.7. The number of amides is 3. The second kappa shape index (κ2) is 11.2. The summed E-state index contributed by atoms with van der Waals surface area (Å²) in [6.45, 7) is 2.20. The fourth-order valence-electron chi connectivity index (χ4n) is 5.42. The highest BCUT2D eigenvalue weighted by atomic mass is 16.2. The molecule has 0 fully saturated rings. The largest absolute Gasteiger partial charge is 0.330 e. The van der Waals surface area contributed by atoms with Crippen molar-refractivity contribution in [1.29, 1.82) is 0 Å². The minimum Gasteiger partial charge on any atom is -0.330 e. The molecule has 4 heterocycles. The van der Waals surface area contributed by atoms with Gasteiger partial charge in [0, 0.05) is 55.7 Å². The number of urea groups is 1. The van der Waals surface area contributed by atoms with Gasteiger partial charge >= 0.3 is 6.03 Å². The van der Waals surface area contributed by atoms with E-state index in [0.717, 1.165) is 51.7 Å². The standard InChI is InChI=1S/C31H31N7O2/c32-13-1-2-16-38-30(39)27(25-5-3-7-28-26(25)6-4-14-34-28)17-29(36-38)21-8-10-24(11-9-21)35-31(40)37-19-22-12-15-33-18-23(22)20-37/h3-12,14-15,18,27H,1-2,13,16-17,19-20,32H2,(H,35,40)/t27-/m1/s1. The van der Waals surface area contributed by atoms with E-state index in [-0.39, 0.29) is 17.9 Å². The Morgan fingerprint density at radius 1 is 0.975 bits per heavy atom. The van der Waals surface area contributed by atoms with Crippen LogP contribution in [0.25, 0.3) is 10.9 Å². The van der Waals surface area contributed by atoms with Crippen molar-refractivity contribution < 1.29 is 9.59 Å². The number of unbranched alkanes of at least 4 members (excludes halogenated alkanes) is 1. The monoisotopic (exact) mass is 533 g/mol. The number of pyridine rings is 2. The number of nitrogens with zero attached hydrogens (tertiary/aromatic N) is 5. The molecule has 0 aliphatic carbocycles. The summed E-state index contributed by atoms with van der Waals surface area (Å²) in [7, 11) is 0. The number of nitrogens with two attached hydrogens (primary N) is 1. The summed E-state index contributed by atoms with van der Waals surface area (Å²) in [4.78, 5) is 36.9. The molecule has 40 heavy (non-hydrogen) atoms. The van der Waals surface area contributed by atoms with Crippen LogP contribution >= 0.6 is 0 Å². The van der Waals surface area contributed by atoms with Crippen LogP contribution in [0.4, 0.5) is 10.5 Å². The molecule has 1 atom stereocenters. The maximum absolute atomic E-state index is 13.6. The molecule has 2 aromatic heterocycles. The Labute approximate surface area is 232 Å². The van der Waals surface area contributed by atoms with Gasteiger partial charge in [0.15, 0.2) is 0 Å². The number of aromatic nitrogens is 2. The summed E-state index contributed by atoms with van der Waals surface area (Å²) in [5.41, 5.74) is 12.2. The van der Waals surface area contributed by atoms with Crippen molar-refractivity contribution >= 4 is 34.2 Å². The summed E-state index contributed by atoms with van der Waals surface area (Å²) >= 11 is 0. The average molecular weight is 534 g/mol. The van der Waals surface area contributed by atoms with E-state index in [1.165, 1.54) is 0 Å². The van der Waals surface area contributed by atoms with Gasteiger partial charge in [-0.2, -0.15) is 5.10 Å². The Morgan fingerprint density at radius 2 is 1.82 bits per heavy atom. The summed E-state index contributed by atoms with van der Waals surface area (Å²) in [6, 6.07) is 19.3. The number of carbonyl (C=O) groups excluding carboxylic acids is 2. The van der Waals surface area contributed by atoms with Crippen LogP contribution in [0.3, 0.4) is 0 Å². The van der Waals surface area contributed by atoms with Gasteiger partial charge in [-0.3, -0.25) is 14.8 Å². The van der Waals surface area contributed by atoms with Crippen LogP contribution < -0.4 is 11.1 Å². The van der Waals surface area contributed by atoms with Gasteiger partial charge in [-0.1, -0.05) is 30.3 Å². The number of hydrazone groups is 1. The van der Waals surface area contributed by atoms with Gasteiger partial charge < -0.3 is 16.0 Å². The van der Waals surface area contributed by atoms with E-state index in [4.69, 9.17) is 10.8 Å². The van der Waals surface area contributed by atoms with Gasteiger partial charge in [0.05, 0.1) is 17.1 Å². The van der Waals surface area contributed by atoms with E-state index in [9.17, 15) is 9.59 Å². The second-order valence-electron chi connectivity index (χ2n) is 10.2. The van der Waals surface area contributed by atoms with Crippen LogP contribution in [-0.2, 0) is 17.9 Å². The Hall–Kier alpha value is -4.63. The zero-order valence-electron chi connectivity index (χ0n) is 22.2. The first-order chi connectivity index (χ1) is 19.6. The molecule has 3 N–H and O–H groups in total. The van der Waals surface area contributed by atoms with Gasteiger partial charge in [-0.05, 0) is 72.0 Å². The maximum atomic E-state index is 13.6. The van der Waals surface area contributed by atoms with Crippen LogP contribution in [0, 0.1) is 0 Å². The molecule has 0 saturated heterocycles. The molecule has 0 radical (unpaired) electrons. The third-order valence-electron chi connectivity index (χ3n) is 7.55. The van der Waals surface area contributed by atoms with Crippen LogP contribution in [0.1, 0.15) is 47.4 Å². The van der Waals surface area contributed by atoms with Crippen LogP contribution in [0.2, 0.25) is 0 Å². The molecular formula is C31H31N7O2. The molecule has 0 bridgehead atoms. The molecule has 9 nitrogen and oxygen atoms in total. The number of rotatable bonds is 7. The van der Waals surface area contributed by atoms with Crippen molar-refractivity contribution in [3.8, 4) is 0 Å². The van der Waals surface area contributed by atoms with Crippen LogP contribution in [0.5, 0.6) is 0 Å². The van der Waals surface area contributed by atoms with E-state index in [2.05, 4.69) is 15.3 Å². The van der Waals surface area contributed by atoms with E-state index in [1.54, 1.807) is 22.3 Å². The number of anilines is 1. The second-order valence-corrected chi connectivity index (χ2v) is 10.2. The Bertz CT molecular complexity index is 1550. The number of fused-ring (bicyclic) bond motifs is 2. The van der Waals surface area contributed by atoms with Gasteiger partial charge in [0.1, 0.15) is 0 Å². The van der Waals surface area contributed by atoms with E-state index < -0.39 is 0 Å². The van der Waals surface area contributed by atoms with Crippen molar-refractivity contribution in [1.82, 2.24) is 19.9 Å². The molecule has 3 amide bonds. The highest BCUT2D eigenvalue weighted by Gasteiger charge is 2.33. The molecule has 0 saturated carbocycles. The third kappa shape index (κ3) is 5.15. The van der Waals surface area contributed by atoms with Gasteiger partial charge in [0.25, 0.3) is 5.91 Å². The minimum atomic E-state index is -0.371. The summed E-state index contributed by atoms with van der Waals surface area (Å²) in [6.07, 6.45) is 7.41. The van der Waals surface area contributed by atoms with Crippen molar-refractivity contribution in [2.45, 2.75) is 38.3 Å². The highest BCUT2D eigenvalue weighted by molar-refractivity contribution is 6.07. The molecule has 6 rings (SSSR count). The lowest BCUT2D eigenvalue weighted by atomic mass is 9.86.